The second-order valence-corrected chi connectivity index (χ2v) is 7.10. The van der Waals surface area contributed by atoms with E-state index in [9.17, 15) is 4.79 Å². The summed E-state index contributed by atoms with van der Waals surface area (Å²) in [6, 6.07) is 11.0. The van der Waals surface area contributed by atoms with Gasteiger partial charge < -0.3 is 9.32 Å². The summed E-state index contributed by atoms with van der Waals surface area (Å²) in [4.78, 5) is 14.7. The van der Waals surface area contributed by atoms with Crippen molar-refractivity contribution in [1.29, 1.82) is 0 Å². The van der Waals surface area contributed by atoms with Crippen LogP contribution < -0.4 is 0 Å². The highest BCUT2D eigenvalue weighted by Gasteiger charge is 2.20. The molecule has 6 heteroatoms. The van der Waals surface area contributed by atoms with Crippen molar-refractivity contribution in [3.05, 3.63) is 79.8 Å². The molecule has 0 aliphatic heterocycles. The van der Waals surface area contributed by atoms with Crippen LogP contribution in [0.5, 0.6) is 0 Å². The Balaban J connectivity index is 1.89. The number of thiophene rings is 1. The minimum Gasteiger partial charge on any atom is -0.467 e. The van der Waals surface area contributed by atoms with Gasteiger partial charge in [0.1, 0.15) is 5.76 Å². The lowest BCUT2D eigenvalue weighted by Crippen LogP contribution is -2.30. The van der Waals surface area contributed by atoms with E-state index in [0.29, 0.717) is 23.7 Å². The molecule has 1 amide bonds. The van der Waals surface area contributed by atoms with Gasteiger partial charge in [-0.25, -0.2) is 0 Å². The number of carbonyl (C=O) groups is 1. The van der Waals surface area contributed by atoms with Gasteiger partial charge in [-0.15, -0.1) is 0 Å². The summed E-state index contributed by atoms with van der Waals surface area (Å²) >= 11 is 11.2. The van der Waals surface area contributed by atoms with Crippen molar-refractivity contribution in [3.8, 4) is 0 Å². The van der Waals surface area contributed by atoms with Crippen molar-refractivity contribution in [1.82, 2.24) is 4.90 Å². The summed E-state index contributed by atoms with van der Waals surface area (Å²) < 4.78 is 6.21. The molecule has 2 heterocycles. The zero-order chi connectivity index (χ0) is 16.2. The molecule has 0 fully saturated rings. The normalized spacial score (nSPS) is 10.7. The summed E-state index contributed by atoms with van der Waals surface area (Å²) in [6.07, 6.45) is 1.61. The standard InChI is InChI=1S/C17H13BrClNO2S/c18-13-3-4-16(19)15(8-13)17(21)20(9-12-5-7-23-11-12)10-14-2-1-6-22-14/h1-8,11H,9-10H2. The van der Waals surface area contributed by atoms with Crippen LogP contribution in [0.3, 0.4) is 0 Å². The van der Waals surface area contributed by atoms with Crippen LogP contribution in [-0.4, -0.2) is 10.8 Å². The summed E-state index contributed by atoms with van der Waals surface area (Å²) in [5.41, 5.74) is 1.56. The van der Waals surface area contributed by atoms with Crippen LogP contribution in [0.1, 0.15) is 21.7 Å². The van der Waals surface area contributed by atoms with Gasteiger partial charge in [0.15, 0.2) is 0 Å². The van der Waals surface area contributed by atoms with E-state index in [1.807, 2.05) is 35.0 Å². The third-order valence-electron chi connectivity index (χ3n) is 3.33. The molecule has 0 bridgehead atoms. The molecule has 23 heavy (non-hydrogen) atoms. The molecule has 1 aromatic carbocycles. The molecule has 3 rings (SSSR count). The molecule has 3 aromatic rings. The predicted molar refractivity (Wildman–Crippen MR) is 95.8 cm³/mol. The number of carbonyl (C=O) groups excluding carboxylic acids is 1. The van der Waals surface area contributed by atoms with Gasteiger partial charge in [0, 0.05) is 11.0 Å². The molecule has 0 spiro atoms. The van der Waals surface area contributed by atoms with Crippen LogP contribution in [0.25, 0.3) is 0 Å². The Bertz CT molecular complexity index is 751. The number of nitrogens with zero attached hydrogens (tertiary/aromatic N) is 1. The second-order valence-electron chi connectivity index (χ2n) is 5.00. The first kappa shape index (κ1) is 16.3. The number of rotatable bonds is 5. The molecule has 0 N–H and O–H groups in total. The molecule has 2 aromatic heterocycles. The number of hydrogen-bond acceptors (Lipinski definition) is 3. The van der Waals surface area contributed by atoms with Crippen molar-refractivity contribution < 1.29 is 9.21 Å². The Morgan fingerprint density at radius 3 is 2.83 bits per heavy atom. The number of halogens is 2. The molecule has 0 aliphatic rings. The van der Waals surface area contributed by atoms with Gasteiger partial charge in [0.25, 0.3) is 5.91 Å². The average Bonchev–Trinajstić information content (AvgIpc) is 3.22. The van der Waals surface area contributed by atoms with Crippen LogP contribution in [-0.2, 0) is 13.1 Å². The molecule has 0 radical (unpaired) electrons. The lowest BCUT2D eigenvalue weighted by Gasteiger charge is -2.22. The Morgan fingerprint density at radius 1 is 1.26 bits per heavy atom. The fourth-order valence-electron chi connectivity index (χ4n) is 2.22. The topological polar surface area (TPSA) is 33.5 Å². The Morgan fingerprint density at radius 2 is 2.13 bits per heavy atom. The van der Waals surface area contributed by atoms with E-state index in [4.69, 9.17) is 16.0 Å². The maximum atomic E-state index is 13.0. The highest BCUT2D eigenvalue weighted by atomic mass is 79.9. The summed E-state index contributed by atoms with van der Waals surface area (Å²) in [5.74, 6) is 0.610. The van der Waals surface area contributed by atoms with E-state index in [1.165, 1.54) is 0 Å². The van der Waals surface area contributed by atoms with E-state index in [2.05, 4.69) is 15.9 Å². The van der Waals surface area contributed by atoms with Crippen molar-refractivity contribution >= 4 is 44.8 Å². The van der Waals surface area contributed by atoms with E-state index < -0.39 is 0 Å². The van der Waals surface area contributed by atoms with Crippen molar-refractivity contribution in [2.24, 2.45) is 0 Å². The first-order valence-corrected chi connectivity index (χ1v) is 9.02. The number of amides is 1. The van der Waals surface area contributed by atoms with Crippen LogP contribution in [0.4, 0.5) is 0 Å². The van der Waals surface area contributed by atoms with Gasteiger partial charge in [0.2, 0.25) is 0 Å². The predicted octanol–water partition coefficient (Wildman–Crippen LogP) is 5.60. The zero-order valence-corrected chi connectivity index (χ0v) is 15.2. The van der Waals surface area contributed by atoms with Gasteiger partial charge in [-0.1, -0.05) is 27.5 Å². The van der Waals surface area contributed by atoms with Crippen molar-refractivity contribution in [2.75, 3.05) is 0 Å². The number of furan rings is 1. The Labute approximate surface area is 151 Å². The minimum atomic E-state index is -0.126. The third-order valence-corrected chi connectivity index (χ3v) is 4.88. The molecular weight excluding hydrogens is 398 g/mol. The molecular formula is C17H13BrClNO2S. The average molecular weight is 411 g/mol. The lowest BCUT2D eigenvalue weighted by molar-refractivity contribution is 0.0718. The maximum Gasteiger partial charge on any atom is 0.256 e. The van der Waals surface area contributed by atoms with Gasteiger partial charge in [0.05, 0.1) is 23.4 Å². The van der Waals surface area contributed by atoms with Gasteiger partial charge in [-0.2, -0.15) is 11.3 Å². The summed E-state index contributed by atoms with van der Waals surface area (Å²) in [7, 11) is 0. The molecule has 0 atom stereocenters. The lowest BCUT2D eigenvalue weighted by atomic mass is 10.1. The van der Waals surface area contributed by atoms with E-state index in [1.54, 1.807) is 34.6 Å². The largest absolute Gasteiger partial charge is 0.467 e. The Hall–Kier alpha value is -1.56. The van der Waals surface area contributed by atoms with Crippen LogP contribution in [0, 0.1) is 0 Å². The highest BCUT2D eigenvalue weighted by Crippen LogP contribution is 2.24. The van der Waals surface area contributed by atoms with Crippen molar-refractivity contribution in [2.45, 2.75) is 13.1 Å². The summed E-state index contributed by atoms with van der Waals surface area (Å²) in [5, 5.41) is 4.47. The number of hydrogen-bond donors (Lipinski definition) is 0. The third kappa shape index (κ3) is 4.05. The molecule has 118 valence electrons. The van der Waals surface area contributed by atoms with Gasteiger partial charge in [-0.3, -0.25) is 4.79 Å². The fourth-order valence-corrected chi connectivity index (χ4v) is 3.44. The molecule has 0 unspecified atom stereocenters. The maximum absolute atomic E-state index is 13.0. The number of benzene rings is 1. The first-order valence-electron chi connectivity index (χ1n) is 6.91. The van der Waals surface area contributed by atoms with Crippen LogP contribution in [0.2, 0.25) is 5.02 Å². The quantitative estimate of drug-likeness (QED) is 0.548. The van der Waals surface area contributed by atoms with Gasteiger partial charge in [-0.05, 0) is 52.7 Å². The highest BCUT2D eigenvalue weighted by molar-refractivity contribution is 9.10. The van der Waals surface area contributed by atoms with Gasteiger partial charge >= 0.3 is 0 Å². The van der Waals surface area contributed by atoms with E-state index in [0.717, 1.165) is 15.8 Å². The monoisotopic (exact) mass is 409 g/mol. The summed E-state index contributed by atoms with van der Waals surface area (Å²) in [6.45, 7) is 0.899. The zero-order valence-electron chi connectivity index (χ0n) is 12.0. The Kier molecular flexibility index (Phi) is 5.20. The molecule has 3 nitrogen and oxygen atoms in total. The SMILES string of the molecule is O=C(c1cc(Br)ccc1Cl)N(Cc1ccsc1)Cc1ccco1. The smallest absolute Gasteiger partial charge is 0.256 e. The van der Waals surface area contributed by atoms with E-state index in [-0.39, 0.29) is 5.91 Å². The first-order chi connectivity index (χ1) is 11.1. The molecule has 0 saturated carbocycles. The van der Waals surface area contributed by atoms with E-state index >= 15 is 0 Å². The molecule has 0 saturated heterocycles. The van der Waals surface area contributed by atoms with Crippen LogP contribution in [0.15, 0.2) is 62.3 Å². The fraction of sp³-hybridized carbons (Fsp3) is 0.118. The molecule has 0 aliphatic carbocycles. The van der Waals surface area contributed by atoms with Crippen LogP contribution >= 0.6 is 38.9 Å². The minimum absolute atomic E-state index is 0.126. The van der Waals surface area contributed by atoms with Crippen molar-refractivity contribution in [3.63, 3.8) is 0 Å². The second kappa shape index (κ2) is 7.34.